The molecule has 1 aromatic carbocycles. The molecule has 1 aliphatic heterocycles. The molecule has 0 saturated heterocycles. The van der Waals surface area contributed by atoms with Crippen LogP contribution in [0.25, 0.3) is 0 Å². The van der Waals surface area contributed by atoms with Gasteiger partial charge < -0.3 is 9.64 Å². The van der Waals surface area contributed by atoms with Crippen LogP contribution in [-0.4, -0.2) is 37.6 Å². The quantitative estimate of drug-likeness (QED) is 0.613. The Bertz CT molecular complexity index is 544. The van der Waals surface area contributed by atoms with E-state index in [4.69, 9.17) is 0 Å². The summed E-state index contributed by atoms with van der Waals surface area (Å²) in [7, 11) is 1.35. The van der Waals surface area contributed by atoms with E-state index in [9.17, 15) is 14.4 Å². The molecule has 0 fully saturated rings. The first-order valence-electron chi connectivity index (χ1n) is 6.25. The van der Waals surface area contributed by atoms with E-state index in [0.717, 1.165) is 16.9 Å². The predicted molar refractivity (Wildman–Crippen MR) is 76.2 cm³/mol. The smallest absolute Gasteiger partial charge is 0.305 e. The van der Waals surface area contributed by atoms with Crippen molar-refractivity contribution >= 4 is 35.6 Å². The van der Waals surface area contributed by atoms with Crippen molar-refractivity contribution in [3.05, 3.63) is 23.8 Å². The number of carbonyl (C=O) groups excluding carboxylic acids is 3. The highest BCUT2D eigenvalue weighted by molar-refractivity contribution is 8.00. The Labute approximate surface area is 121 Å². The minimum atomic E-state index is -0.277. The van der Waals surface area contributed by atoms with E-state index in [2.05, 4.69) is 4.74 Å². The maximum atomic E-state index is 12.0. The molecule has 1 aromatic rings. The first-order valence-corrected chi connectivity index (χ1v) is 7.23. The number of carbonyl (C=O) groups is 3. The second-order valence-corrected chi connectivity index (χ2v) is 5.38. The van der Waals surface area contributed by atoms with Crippen LogP contribution < -0.4 is 4.90 Å². The molecule has 0 N–H and O–H groups in total. The summed E-state index contributed by atoms with van der Waals surface area (Å²) < 4.78 is 4.58. The fourth-order valence-corrected chi connectivity index (χ4v) is 3.00. The summed E-state index contributed by atoms with van der Waals surface area (Å²) in [6.07, 6.45) is 1.63. The van der Waals surface area contributed by atoms with Gasteiger partial charge in [0.25, 0.3) is 0 Å². The molecule has 0 saturated carbocycles. The van der Waals surface area contributed by atoms with Crippen LogP contribution in [0.3, 0.4) is 0 Å². The van der Waals surface area contributed by atoms with Crippen molar-refractivity contribution in [2.24, 2.45) is 0 Å². The summed E-state index contributed by atoms with van der Waals surface area (Å²) in [5.74, 6) is 0.0969. The van der Waals surface area contributed by atoms with Gasteiger partial charge in [0.15, 0.2) is 0 Å². The van der Waals surface area contributed by atoms with E-state index in [1.165, 1.54) is 18.9 Å². The third kappa shape index (κ3) is 3.19. The average molecular weight is 293 g/mol. The molecule has 0 bridgehead atoms. The van der Waals surface area contributed by atoms with E-state index in [-0.39, 0.29) is 18.3 Å². The molecule has 6 heteroatoms. The molecule has 0 atom stereocenters. The molecule has 0 unspecified atom stereocenters. The number of amides is 1. The van der Waals surface area contributed by atoms with Gasteiger partial charge in [-0.1, -0.05) is 0 Å². The second kappa shape index (κ2) is 6.56. The number of benzene rings is 1. The van der Waals surface area contributed by atoms with Crippen LogP contribution in [0.1, 0.15) is 23.2 Å². The SMILES string of the molecule is COC(=O)CCCN1C(=O)CSc2cc(C=O)ccc21. The van der Waals surface area contributed by atoms with Crippen molar-refractivity contribution in [2.75, 3.05) is 24.3 Å². The van der Waals surface area contributed by atoms with Crippen LogP contribution in [-0.2, 0) is 14.3 Å². The molecule has 1 aliphatic rings. The van der Waals surface area contributed by atoms with Crippen molar-refractivity contribution in [2.45, 2.75) is 17.7 Å². The van der Waals surface area contributed by atoms with Gasteiger partial charge in [-0.25, -0.2) is 0 Å². The number of aldehydes is 1. The lowest BCUT2D eigenvalue weighted by Gasteiger charge is -2.29. The number of ether oxygens (including phenoxy) is 1. The zero-order chi connectivity index (χ0) is 14.5. The lowest BCUT2D eigenvalue weighted by atomic mass is 10.2. The first kappa shape index (κ1) is 14.6. The number of rotatable bonds is 5. The Morgan fingerprint density at radius 2 is 2.30 bits per heavy atom. The molecule has 1 amide bonds. The molecule has 106 valence electrons. The monoisotopic (exact) mass is 293 g/mol. The Kier molecular flexibility index (Phi) is 4.79. The summed E-state index contributed by atoms with van der Waals surface area (Å²) in [5, 5.41) is 0. The van der Waals surface area contributed by atoms with E-state index in [0.29, 0.717) is 24.3 Å². The lowest BCUT2D eigenvalue weighted by Crippen LogP contribution is -2.36. The molecule has 0 aliphatic carbocycles. The Balaban J connectivity index is 2.11. The van der Waals surface area contributed by atoms with Crippen LogP contribution in [0.4, 0.5) is 5.69 Å². The summed E-state index contributed by atoms with van der Waals surface area (Å²) in [4.78, 5) is 36.4. The number of nitrogens with zero attached hydrogens (tertiary/aromatic N) is 1. The van der Waals surface area contributed by atoms with Crippen molar-refractivity contribution < 1.29 is 19.1 Å². The fraction of sp³-hybridized carbons (Fsp3) is 0.357. The van der Waals surface area contributed by atoms with Gasteiger partial charge in [0.05, 0.1) is 18.6 Å². The van der Waals surface area contributed by atoms with Gasteiger partial charge in [-0.05, 0) is 24.6 Å². The number of hydrogen-bond acceptors (Lipinski definition) is 5. The molecular formula is C14H15NO4S. The average Bonchev–Trinajstić information content (AvgIpc) is 2.48. The highest BCUT2D eigenvalue weighted by atomic mass is 32.2. The zero-order valence-corrected chi connectivity index (χ0v) is 11.9. The van der Waals surface area contributed by atoms with Gasteiger partial charge in [0.1, 0.15) is 6.29 Å². The van der Waals surface area contributed by atoms with E-state index < -0.39 is 0 Å². The van der Waals surface area contributed by atoms with Crippen molar-refractivity contribution in [1.82, 2.24) is 0 Å². The van der Waals surface area contributed by atoms with Gasteiger partial charge in [-0.3, -0.25) is 14.4 Å². The molecule has 20 heavy (non-hydrogen) atoms. The van der Waals surface area contributed by atoms with Crippen molar-refractivity contribution in [3.8, 4) is 0 Å². The van der Waals surface area contributed by atoms with Crippen LogP contribution in [0, 0.1) is 0 Å². The van der Waals surface area contributed by atoms with Crippen LogP contribution in [0.2, 0.25) is 0 Å². The number of anilines is 1. The number of thioether (sulfide) groups is 1. The molecule has 2 rings (SSSR count). The summed E-state index contributed by atoms with van der Waals surface area (Å²) in [5.41, 5.74) is 1.40. The van der Waals surface area contributed by atoms with Gasteiger partial charge in [0, 0.05) is 23.4 Å². The highest BCUT2D eigenvalue weighted by Gasteiger charge is 2.24. The summed E-state index contributed by atoms with van der Waals surface area (Å²) >= 11 is 1.43. The maximum Gasteiger partial charge on any atom is 0.305 e. The van der Waals surface area contributed by atoms with Crippen molar-refractivity contribution in [3.63, 3.8) is 0 Å². The lowest BCUT2D eigenvalue weighted by molar-refractivity contribution is -0.140. The summed E-state index contributed by atoms with van der Waals surface area (Å²) in [6, 6.07) is 5.26. The number of methoxy groups -OCH3 is 1. The van der Waals surface area contributed by atoms with E-state index in [1.807, 2.05) is 0 Å². The highest BCUT2D eigenvalue weighted by Crippen LogP contribution is 2.35. The van der Waals surface area contributed by atoms with Crippen molar-refractivity contribution in [1.29, 1.82) is 0 Å². The van der Waals surface area contributed by atoms with Crippen LogP contribution in [0.5, 0.6) is 0 Å². The number of fused-ring (bicyclic) bond motifs is 1. The van der Waals surface area contributed by atoms with Gasteiger partial charge in [0.2, 0.25) is 5.91 Å². The first-order chi connectivity index (χ1) is 9.65. The minimum absolute atomic E-state index is 0.0196. The van der Waals surface area contributed by atoms with Gasteiger partial charge in [-0.2, -0.15) is 0 Å². The molecular weight excluding hydrogens is 278 g/mol. The predicted octanol–water partition coefficient (Wildman–Crippen LogP) is 1.89. The van der Waals surface area contributed by atoms with Gasteiger partial charge >= 0.3 is 5.97 Å². The topological polar surface area (TPSA) is 63.7 Å². The Morgan fingerprint density at radius 1 is 1.50 bits per heavy atom. The minimum Gasteiger partial charge on any atom is -0.469 e. The fourth-order valence-electron chi connectivity index (χ4n) is 2.02. The van der Waals surface area contributed by atoms with Crippen LogP contribution >= 0.6 is 11.8 Å². The molecule has 0 aromatic heterocycles. The standard InChI is InChI=1S/C14H15NO4S/c1-19-14(18)3-2-6-15-11-5-4-10(8-16)7-12(11)20-9-13(15)17/h4-5,7-8H,2-3,6,9H2,1H3. The van der Waals surface area contributed by atoms with E-state index in [1.54, 1.807) is 23.1 Å². The second-order valence-electron chi connectivity index (χ2n) is 4.36. The Morgan fingerprint density at radius 3 is 3.00 bits per heavy atom. The molecule has 0 radical (unpaired) electrons. The summed E-state index contributed by atoms with van der Waals surface area (Å²) in [6.45, 7) is 0.474. The molecule has 0 spiro atoms. The zero-order valence-electron chi connectivity index (χ0n) is 11.1. The maximum absolute atomic E-state index is 12.0. The normalized spacial score (nSPS) is 13.8. The Hall–Kier alpha value is -1.82. The largest absolute Gasteiger partial charge is 0.469 e. The van der Waals surface area contributed by atoms with Gasteiger partial charge in [-0.15, -0.1) is 11.8 Å². The number of esters is 1. The van der Waals surface area contributed by atoms with Crippen LogP contribution in [0.15, 0.2) is 23.1 Å². The number of hydrogen-bond donors (Lipinski definition) is 0. The third-order valence-electron chi connectivity index (χ3n) is 3.05. The molecule has 5 nitrogen and oxygen atoms in total. The third-order valence-corrected chi connectivity index (χ3v) is 4.08. The van der Waals surface area contributed by atoms with E-state index >= 15 is 0 Å². The molecule has 1 heterocycles.